The number of carbonyl (C=O) groups excluding carboxylic acids is 4. The molecule has 0 aliphatic heterocycles. The van der Waals surface area contributed by atoms with Crippen LogP contribution < -0.4 is 16.0 Å². The molecular formula is C39H40F3N3O5. The van der Waals surface area contributed by atoms with Crippen LogP contribution in [-0.2, 0) is 37.1 Å². The highest BCUT2D eigenvalue weighted by molar-refractivity contribution is 6.11. The van der Waals surface area contributed by atoms with E-state index in [4.69, 9.17) is 4.74 Å². The molecule has 4 aromatic carbocycles. The van der Waals surface area contributed by atoms with Crippen LogP contribution in [-0.4, -0.2) is 43.4 Å². The summed E-state index contributed by atoms with van der Waals surface area (Å²) < 4.78 is 44.9. The fraction of sp³-hybridized carbons (Fsp3) is 0.282. The fourth-order valence-electron chi connectivity index (χ4n) is 5.42. The number of rotatable bonds is 14. The molecule has 0 saturated heterocycles. The van der Waals surface area contributed by atoms with Crippen LogP contribution in [0.4, 0.5) is 18.9 Å². The molecule has 0 aliphatic rings. The number of ether oxygens (including phenoxy) is 1. The van der Waals surface area contributed by atoms with E-state index < -0.39 is 47.5 Å². The second kappa shape index (κ2) is 16.8. The molecule has 3 N–H and O–H groups in total. The Balaban J connectivity index is 1.49. The van der Waals surface area contributed by atoms with Crippen LogP contribution in [0.1, 0.15) is 59.3 Å². The maximum absolute atomic E-state index is 13.6. The molecule has 0 spiro atoms. The van der Waals surface area contributed by atoms with Crippen LogP contribution in [0.25, 0.3) is 11.1 Å². The summed E-state index contributed by atoms with van der Waals surface area (Å²) in [4.78, 5) is 53.7. The van der Waals surface area contributed by atoms with Crippen molar-refractivity contribution in [2.45, 2.75) is 51.6 Å². The molecule has 4 rings (SSSR count). The molecule has 0 unspecified atom stereocenters. The number of nitrogens with one attached hydrogen (secondary N) is 3. The zero-order valence-electron chi connectivity index (χ0n) is 28.2. The van der Waals surface area contributed by atoms with Gasteiger partial charge in [-0.25, -0.2) is 0 Å². The zero-order valence-corrected chi connectivity index (χ0v) is 28.2. The molecule has 50 heavy (non-hydrogen) atoms. The standard InChI is InChI=1S/C39H40F3N3O5/c1-4-21-43-36(48)38(37(49)44-22-5-2,29-11-7-6-8-12-29)25-50-34(46)24-27-15-20-33(26(3)23-27)45-35(47)32-14-10-9-13-31(32)28-16-18-30(19-17-28)39(40,41)42/h6-20,23H,4-5,21-22,24-25H2,1-3H3,(H,43,48)(H,44,49)(H,45,47). The highest BCUT2D eigenvalue weighted by Crippen LogP contribution is 2.32. The van der Waals surface area contributed by atoms with Crippen molar-refractivity contribution in [1.82, 2.24) is 10.6 Å². The average molecular weight is 688 g/mol. The van der Waals surface area contributed by atoms with Gasteiger partial charge in [0.15, 0.2) is 5.41 Å². The molecule has 0 saturated carbocycles. The highest BCUT2D eigenvalue weighted by atomic mass is 19.4. The molecule has 0 aliphatic carbocycles. The second-order valence-electron chi connectivity index (χ2n) is 11.8. The molecular weight excluding hydrogens is 647 g/mol. The van der Waals surface area contributed by atoms with Gasteiger partial charge in [0, 0.05) is 24.3 Å². The number of benzene rings is 4. The number of carbonyl (C=O) groups is 4. The van der Waals surface area contributed by atoms with Gasteiger partial charge in [0.2, 0.25) is 11.8 Å². The summed E-state index contributed by atoms with van der Waals surface area (Å²) in [6.07, 6.45) is -3.34. The number of halogens is 3. The van der Waals surface area contributed by atoms with E-state index in [1.165, 1.54) is 12.1 Å². The third-order valence-electron chi connectivity index (χ3n) is 8.15. The monoisotopic (exact) mass is 687 g/mol. The van der Waals surface area contributed by atoms with Crippen LogP contribution in [0.3, 0.4) is 0 Å². The van der Waals surface area contributed by atoms with E-state index in [-0.39, 0.29) is 12.0 Å². The lowest BCUT2D eigenvalue weighted by atomic mass is 9.79. The van der Waals surface area contributed by atoms with Gasteiger partial charge in [-0.05, 0) is 71.8 Å². The van der Waals surface area contributed by atoms with Gasteiger partial charge in [-0.3, -0.25) is 19.2 Å². The van der Waals surface area contributed by atoms with Crippen molar-refractivity contribution in [3.8, 4) is 11.1 Å². The van der Waals surface area contributed by atoms with Crippen molar-refractivity contribution in [2.24, 2.45) is 0 Å². The largest absolute Gasteiger partial charge is 0.463 e. The van der Waals surface area contributed by atoms with Crippen molar-refractivity contribution < 1.29 is 37.1 Å². The first kappa shape index (κ1) is 37.4. The molecule has 3 amide bonds. The van der Waals surface area contributed by atoms with Gasteiger partial charge in [-0.1, -0.05) is 86.6 Å². The molecule has 0 radical (unpaired) electrons. The maximum atomic E-state index is 13.6. The van der Waals surface area contributed by atoms with E-state index in [0.717, 1.165) is 12.1 Å². The molecule has 0 atom stereocenters. The minimum Gasteiger partial charge on any atom is -0.463 e. The Bertz CT molecular complexity index is 1790. The Hall–Kier alpha value is -5.45. The Labute approximate surface area is 289 Å². The summed E-state index contributed by atoms with van der Waals surface area (Å²) in [6.45, 7) is 5.71. The van der Waals surface area contributed by atoms with Crippen molar-refractivity contribution in [3.63, 3.8) is 0 Å². The predicted molar refractivity (Wildman–Crippen MR) is 185 cm³/mol. The molecule has 11 heteroatoms. The fourth-order valence-corrected chi connectivity index (χ4v) is 5.42. The zero-order chi connectivity index (χ0) is 36.3. The molecule has 8 nitrogen and oxygen atoms in total. The third kappa shape index (κ3) is 8.96. The Morgan fingerprint density at radius 3 is 1.90 bits per heavy atom. The van der Waals surface area contributed by atoms with Gasteiger partial charge >= 0.3 is 12.1 Å². The lowest BCUT2D eigenvalue weighted by Gasteiger charge is -2.31. The SMILES string of the molecule is CCCNC(=O)C(COC(=O)Cc1ccc(NC(=O)c2ccccc2-c2ccc(C(F)(F)F)cc2)c(C)c1)(C(=O)NCCC)c1ccccc1. The summed E-state index contributed by atoms with van der Waals surface area (Å²) in [7, 11) is 0. The van der Waals surface area contributed by atoms with Gasteiger partial charge in [-0.2, -0.15) is 13.2 Å². The predicted octanol–water partition coefficient (Wildman–Crippen LogP) is 7.01. The Morgan fingerprint density at radius 2 is 1.32 bits per heavy atom. The number of amides is 3. The number of hydrogen-bond acceptors (Lipinski definition) is 5. The van der Waals surface area contributed by atoms with E-state index in [9.17, 15) is 32.3 Å². The first-order chi connectivity index (χ1) is 23.9. The normalized spacial score (nSPS) is 11.4. The van der Waals surface area contributed by atoms with Crippen molar-refractivity contribution in [3.05, 3.63) is 125 Å². The minimum absolute atomic E-state index is 0.163. The maximum Gasteiger partial charge on any atom is 0.416 e. The molecule has 0 fully saturated rings. The Kier molecular flexibility index (Phi) is 12.5. The minimum atomic E-state index is -4.47. The number of hydrogen-bond donors (Lipinski definition) is 3. The van der Waals surface area contributed by atoms with Gasteiger partial charge in [0.1, 0.15) is 6.61 Å². The van der Waals surface area contributed by atoms with Gasteiger partial charge < -0.3 is 20.7 Å². The van der Waals surface area contributed by atoms with Crippen molar-refractivity contribution in [1.29, 1.82) is 0 Å². The summed E-state index contributed by atoms with van der Waals surface area (Å²) >= 11 is 0. The van der Waals surface area contributed by atoms with Gasteiger partial charge in [-0.15, -0.1) is 0 Å². The molecule has 4 aromatic rings. The van der Waals surface area contributed by atoms with E-state index in [1.54, 1.807) is 79.7 Å². The Morgan fingerprint density at radius 1 is 0.720 bits per heavy atom. The van der Waals surface area contributed by atoms with Crippen LogP contribution >= 0.6 is 0 Å². The summed E-state index contributed by atoms with van der Waals surface area (Å²) in [5, 5.41) is 8.44. The number of aryl methyl sites for hydroxylation is 1. The molecule has 0 bridgehead atoms. The molecule has 262 valence electrons. The lowest BCUT2D eigenvalue weighted by Crippen LogP contribution is -2.58. The quantitative estimate of drug-likeness (QED) is 0.0976. The average Bonchev–Trinajstić information content (AvgIpc) is 3.11. The molecule has 0 heterocycles. The van der Waals surface area contributed by atoms with Gasteiger partial charge in [0.25, 0.3) is 5.91 Å². The van der Waals surface area contributed by atoms with Crippen LogP contribution in [0.15, 0.2) is 97.1 Å². The van der Waals surface area contributed by atoms with E-state index >= 15 is 0 Å². The number of alkyl halides is 3. The van der Waals surface area contributed by atoms with E-state index in [2.05, 4.69) is 16.0 Å². The summed E-state index contributed by atoms with van der Waals surface area (Å²) in [5.41, 5.74) is 0.690. The van der Waals surface area contributed by atoms with Crippen molar-refractivity contribution in [2.75, 3.05) is 25.0 Å². The summed E-state index contributed by atoms with van der Waals surface area (Å²) in [5.74, 6) is -2.25. The molecule has 0 aromatic heterocycles. The first-order valence-electron chi connectivity index (χ1n) is 16.4. The van der Waals surface area contributed by atoms with E-state index in [1.807, 2.05) is 13.8 Å². The van der Waals surface area contributed by atoms with Gasteiger partial charge in [0.05, 0.1) is 12.0 Å². The van der Waals surface area contributed by atoms with Crippen LogP contribution in [0.2, 0.25) is 0 Å². The van der Waals surface area contributed by atoms with Crippen LogP contribution in [0.5, 0.6) is 0 Å². The third-order valence-corrected chi connectivity index (χ3v) is 8.15. The second-order valence-corrected chi connectivity index (χ2v) is 11.8. The van der Waals surface area contributed by atoms with Crippen molar-refractivity contribution >= 4 is 29.4 Å². The highest BCUT2D eigenvalue weighted by Gasteiger charge is 2.48. The number of esters is 1. The van der Waals surface area contributed by atoms with E-state index in [0.29, 0.717) is 59.4 Å². The summed E-state index contributed by atoms with van der Waals surface area (Å²) in [6, 6.07) is 24.7. The number of anilines is 1. The topological polar surface area (TPSA) is 114 Å². The first-order valence-corrected chi connectivity index (χ1v) is 16.4. The lowest BCUT2D eigenvalue weighted by molar-refractivity contribution is -0.150. The van der Waals surface area contributed by atoms with Crippen LogP contribution in [0, 0.1) is 6.92 Å². The smallest absolute Gasteiger partial charge is 0.416 e.